The molecule has 0 fully saturated rings. The van der Waals surface area contributed by atoms with E-state index in [2.05, 4.69) is 19.1 Å². The zero-order chi connectivity index (χ0) is 11.3. The molecule has 0 saturated heterocycles. The van der Waals surface area contributed by atoms with E-state index in [-0.39, 0.29) is 18.3 Å². The highest BCUT2D eigenvalue weighted by molar-refractivity contribution is 7.11. The third-order valence-electron chi connectivity index (χ3n) is 2.57. The van der Waals surface area contributed by atoms with Crippen LogP contribution in [0.3, 0.4) is 0 Å². The molecule has 0 bridgehead atoms. The number of hydrogen-bond acceptors (Lipinski definition) is 3. The van der Waals surface area contributed by atoms with Gasteiger partial charge in [0.25, 0.3) is 0 Å². The quantitative estimate of drug-likeness (QED) is 0.809. The summed E-state index contributed by atoms with van der Waals surface area (Å²) in [6.45, 7) is 3.83. The van der Waals surface area contributed by atoms with Crippen molar-refractivity contribution in [2.75, 3.05) is 6.61 Å². The maximum absolute atomic E-state index is 11.3. The van der Waals surface area contributed by atoms with Gasteiger partial charge < -0.3 is 5.11 Å². The molecule has 3 heteroatoms. The number of aliphatic hydroxyl groups is 1. The van der Waals surface area contributed by atoms with E-state index in [1.165, 1.54) is 9.75 Å². The van der Waals surface area contributed by atoms with Crippen LogP contribution in [-0.4, -0.2) is 17.5 Å². The molecule has 0 aliphatic heterocycles. The van der Waals surface area contributed by atoms with E-state index in [1.54, 1.807) is 18.3 Å². The minimum absolute atomic E-state index is 0.0154. The highest BCUT2D eigenvalue weighted by atomic mass is 32.1. The van der Waals surface area contributed by atoms with Gasteiger partial charge in [-0.1, -0.05) is 6.92 Å². The van der Waals surface area contributed by atoms with Gasteiger partial charge in [-0.3, -0.25) is 4.79 Å². The van der Waals surface area contributed by atoms with Gasteiger partial charge >= 0.3 is 0 Å². The first-order valence-corrected chi connectivity index (χ1v) is 6.18. The van der Waals surface area contributed by atoms with Crippen molar-refractivity contribution >= 4 is 17.1 Å². The Morgan fingerprint density at radius 3 is 2.60 bits per heavy atom. The summed E-state index contributed by atoms with van der Waals surface area (Å²) in [4.78, 5) is 13.9. The fourth-order valence-electron chi connectivity index (χ4n) is 1.57. The van der Waals surface area contributed by atoms with Gasteiger partial charge in [0.05, 0.1) is 0 Å². The lowest BCUT2D eigenvalue weighted by atomic mass is 9.97. The second kappa shape index (κ2) is 6.03. The number of aliphatic hydroxyl groups excluding tert-OH is 1. The highest BCUT2D eigenvalue weighted by Crippen LogP contribution is 2.22. The lowest BCUT2D eigenvalue weighted by molar-refractivity contribution is -0.121. The summed E-state index contributed by atoms with van der Waals surface area (Å²) < 4.78 is 0. The van der Waals surface area contributed by atoms with Crippen LogP contribution in [0.5, 0.6) is 0 Å². The lowest BCUT2D eigenvalue weighted by Crippen LogP contribution is -2.14. The second-order valence-electron chi connectivity index (χ2n) is 3.75. The molecule has 1 N–H and O–H groups in total. The summed E-state index contributed by atoms with van der Waals surface area (Å²) in [7, 11) is 0. The molecule has 1 aromatic rings. The van der Waals surface area contributed by atoms with E-state index in [9.17, 15) is 4.79 Å². The Morgan fingerprint density at radius 2 is 2.13 bits per heavy atom. The maximum Gasteiger partial charge on any atom is 0.133 e. The smallest absolute Gasteiger partial charge is 0.133 e. The number of thiophene rings is 1. The third kappa shape index (κ3) is 3.76. The van der Waals surface area contributed by atoms with Crippen LogP contribution in [-0.2, 0) is 17.6 Å². The molecule has 0 spiro atoms. The summed E-state index contributed by atoms with van der Waals surface area (Å²) in [6.07, 6.45) is 2.41. The zero-order valence-corrected chi connectivity index (χ0v) is 10.1. The lowest BCUT2D eigenvalue weighted by Gasteiger charge is -2.10. The molecule has 0 radical (unpaired) electrons. The van der Waals surface area contributed by atoms with Crippen molar-refractivity contribution in [2.45, 2.75) is 33.1 Å². The van der Waals surface area contributed by atoms with Gasteiger partial charge in [-0.15, -0.1) is 11.3 Å². The fraction of sp³-hybridized carbons (Fsp3) is 0.583. The highest BCUT2D eigenvalue weighted by Gasteiger charge is 2.15. The predicted molar refractivity (Wildman–Crippen MR) is 63.3 cm³/mol. The standard InChI is InChI=1S/C12H18O2S/c1-3-11-4-5-12(15-11)8-10(6-7-13)9(2)14/h4-5,10,13H,3,6-8H2,1-2H3. The Labute approximate surface area is 94.9 Å². The summed E-state index contributed by atoms with van der Waals surface area (Å²) in [5.74, 6) is 0.161. The van der Waals surface area contributed by atoms with E-state index in [0.717, 1.165) is 12.8 Å². The molecule has 1 unspecified atom stereocenters. The van der Waals surface area contributed by atoms with Gasteiger partial charge in [0.15, 0.2) is 0 Å². The summed E-state index contributed by atoms with van der Waals surface area (Å²) in [5.41, 5.74) is 0. The first-order chi connectivity index (χ1) is 7.17. The number of rotatable bonds is 6. The minimum atomic E-state index is -0.0154. The molecule has 0 aliphatic carbocycles. The molecule has 2 nitrogen and oxygen atoms in total. The van der Waals surface area contributed by atoms with Gasteiger partial charge in [-0.2, -0.15) is 0 Å². The minimum Gasteiger partial charge on any atom is -0.396 e. The average molecular weight is 226 g/mol. The van der Waals surface area contributed by atoms with Gasteiger partial charge in [0.2, 0.25) is 0 Å². The molecule has 15 heavy (non-hydrogen) atoms. The molecule has 0 saturated carbocycles. The van der Waals surface area contributed by atoms with Crippen LogP contribution in [0.1, 0.15) is 30.0 Å². The third-order valence-corrected chi connectivity index (χ3v) is 3.82. The number of aryl methyl sites for hydroxylation is 1. The Morgan fingerprint density at radius 1 is 1.47 bits per heavy atom. The Bertz CT molecular complexity index is 317. The Balaban J connectivity index is 2.61. The normalized spacial score (nSPS) is 12.7. The molecule has 84 valence electrons. The van der Waals surface area contributed by atoms with Crippen molar-refractivity contribution in [2.24, 2.45) is 5.92 Å². The first kappa shape index (κ1) is 12.4. The van der Waals surface area contributed by atoms with Crippen LogP contribution in [0, 0.1) is 5.92 Å². The topological polar surface area (TPSA) is 37.3 Å². The summed E-state index contributed by atoms with van der Waals surface area (Å²) >= 11 is 1.77. The predicted octanol–water partition coefficient (Wildman–Crippen LogP) is 2.44. The van der Waals surface area contributed by atoms with Crippen LogP contribution >= 0.6 is 11.3 Å². The van der Waals surface area contributed by atoms with Crippen LogP contribution in [0.4, 0.5) is 0 Å². The summed E-state index contributed by atoms with van der Waals surface area (Å²) in [6, 6.07) is 4.22. The fourth-order valence-corrected chi connectivity index (χ4v) is 2.61. The van der Waals surface area contributed by atoms with Crippen molar-refractivity contribution in [3.8, 4) is 0 Å². The molecular formula is C12H18O2S. The molecule has 1 heterocycles. The Hall–Kier alpha value is -0.670. The number of Topliss-reactive ketones (excluding diaryl/α,β-unsaturated/α-hetero) is 1. The molecule has 1 rings (SSSR count). The van der Waals surface area contributed by atoms with Gasteiger partial charge in [-0.05, 0) is 38.3 Å². The maximum atomic E-state index is 11.3. The van der Waals surface area contributed by atoms with Crippen molar-refractivity contribution in [1.29, 1.82) is 0 Å². The van der Waals surface area contributed by atoms with E-state index < -0.39 is 0 Å². The van der Waals surface area contributed by atoms with Gasteiger partial charge in [0, 0.05) is 22.3 Å². The van der Waals surface area contributed by atoms with Crippen LogP contribution in [0.2, 0.25) is 0 Å². The van der Waals surface area contributed by atoms with E-state index in [0.29, 0.717) is 6.42 Å². The van der Waals surface area contributed by atoms with Gasteiger partial charge in [0.1, 0.15) is 5.78 Å². The van der Waals surface area contributed by atoms with Gasteiger partial charge in [-0.25, -0.2) is 0 Å². The van der Waals surface area contributed by atoms with Crippen LogP contribution < -0.4 is 0 Å². The average Bonchev–Trinajstić information content (AvgIpc) is 2.65. The summed E-state index contributed by atoms with van der Waals surface area (Å²) in [5, 5.41) is 8.87. The number of ketones is 1. The van der Waals surface area contributed by atoms with Crippen molar-refractivity contribution in [3.05, 3.63) is 21.9 Å². The van der Waals surface area contributed by atoms with E-state index in [1.807, 2.05) is 0 Å². The van der Waals surface area contributed by atoms with Crippen molar-refractivity contribution < 1.29 is 9.90 Å². The molecule has 0 aromatic carbocycles. The molecule has 0 amide bonds. The second-order valence-corrected chi connectivity index (χ2v) is 5.00. The molecule has 1 atom stereocenters. The van der Waals surface area contributed by atoms with Crippen molar-refractivity contribution in [3.63, 3.8) is 0 Å². The SMILES string of the molecule is CCc1ccc(CC(CCO)C(C)=O)s1. The Kier molecular flexibility index (Phi) is 4.99. The zero-order valence-electron chi connectivity index (χ0n) is 9.32. The monoisotopic (exact) mass is 226 g/mol. The largest absolute Gasteiger partial charge is 0.396 e. The first-order valence-electron chi connectivity index (χ1n) is 5.36. The number of carbonyl (C=O) groups is 1. The molecule has 0 aliphatic rings. The van der Waals surface area contributed by atoms with Crippen LogP contribution in [0.25, 0.3) is 0 Å². The number of hydrogen-bond donors (Lipinski definition) is 1. The van der Waals surface area contributed by atoms with E-state index in [4.69, 9.17) is 5.11 Å². The number of carbonyl (C=O) groups excluding carboxylic acids is 1. The molecule has 1 aromatic heterocycles. The molecular weight excluding hydrogens is 208 g/mol. The van der Waals surface area contributed by atoms with E-state index >= 15 is 0 Å². The van der Waals surface area contributed by atoms with Crippen molar-refractivity contribution in [1.82, 2.24) is 0 Å². The van der Waals surface area contributed by atoms with Crippen LogP contribution in [0.15, 0.2) is 12.1 Å².